The average Bonchev–Trinajstić information content (AvgIpc) is 2.67. The average molecular weight is 360 g/mol. The molecule has 2 aromatic carbocycles. The van der Waals surface area contributed by atoms with E-state index in [1.165, 1.54) is 31.4 Å². The zero-order valence-electron chi connectivity index (χ0n) is 14.9. The standard InChI is InChI=1S/C20H22F2N2O2/c1-24(14-7-9-23-10-8-14)20(25)17-5-3-13(11-18(17)21)16-6-4-15(26-2)12-19(16)22/h3-6,11-12,14,23H,7-10H2,1-2H3. The number of piperidine rings is 1. The minimum absolute atomic E-state index is 0.00343. The Morgan fingerprint density at radius 2 is 1.85 bits per heavy atom. The highest BCUT2D eigenvalue weighted by molar-refractivity contribution is 5.95. The van der Waals surface area contributed by atoms with Crippen LogP contribution in [-0.4, -0.2) is 44.1 Å². The summed E-state index contributed by atoms with van der Waals surface area (Å²) < 4.78 is 33.8. The number of carbonyl (C=O) groups is 1. The number of carbonyl (C=O) groups excluding carboxylic acids is 1. The molecule has 1 fully saturated rings. The van der Waals surface area contributed by atoms with Crippen molar-refractivity contribution in [3.63, 3.8) is 0 Å². The van der Waals surface area contributed by atoms with Crippen molar-refractivity contribution in [3.05, 3.63) is 53.6 Å². The van der Waals surface area contributed by atoms with Gasteiger partial charge in [-0.1, -0.05) is 6.07 Å². The molecule has 1 aliphatic heterocycles. The molecule has 138 valence electrons. The van der Waals surface area contributed by atoms with E-state index in [0.29, 0.717) is 11.3 Å². The Balaban J connectivity index is 1.84. The summed E-state index contributed by atoms with van der Waals surface area (Å²) in [6.07, 6.45) is 1.69. The lowest BCUT2D eigenvalue weighted by Crippen LogP contribution is -2.44. The maximum absolute atomic E-state index is 14.6. The minimum atomic E-state index is -0.650. The number of halogens is 2. The van der Waals surface area contributed by atoms with Gasteiger partial charge in [-0.3, -0.25) is 4.79 Å². The molecule has 0 radical (unpaired) electrons. The molecule has 3 rings (SSSR count). The van der Waals surface area contributed by atoms with Crippen molar-refractivity contribution in [3.8, 4) is 16.9 Å². The van der Waals surface area contributed by atoms with Crippen LogP contribution in [0.4, 0.5) is 8.78 Å². The van der Waals surface area contributed by atoms with Gasteiger partial charge >= 0.3 is 0 Å². The number of nitrogens with one attached hydrogen (secondary N) is 1. The zero-order chi connectivity index (χ0) is 18.7. The van der Waals surface area contributed by atoms with E-state index in [9.17, 15) is 13.6 Å². The number of rotatable bonds is 4. The van der Waals surface area contributed by atoms with Crippen molar-refractivity contribution in [2.24, 2.45) is 0 Å². The fourth-order valence-corrected chi connectivity index (χ4v) is 3.26. The molecule has 1 aliphatic rings. The van der Waals surface area contributed by atoms with Crippen molar-refractivity contribution in [1.29, 1.82) is 0 Å². The highest BCUT2D eigenvalue weighted by Gasteiger charge is 2.25. The normalized spacial score (nSPS) is 14.9. The van der Waals surface area contributed by atoms with Crippen molar-refractivity contribution in [2.45, 2.75) is 18.9 Å². The Morgan fingerprint density at radius 3 is 2.46 bits per heavy atom. The Hall–Kier alpha value is -2.47. The molecular formula is C20H22F2N2O2. The first-order chi connectivity index (χ1) is 12.5. The van der Waals surface area contributed by atoms with Gasteiger partial charge < -0.3 is 15.0 Å². The third kappa shape index (κ3) is 3.70. The largest absolute Gasteiger partial charge is 0.497 e. The van der Waals surface area contributed by atoms with E-state index in [1.54, 1.807) is 24.1 Å². The van der Waals surface area contributed by atoms with Gasteiger partial charge in [0, 0.05) is 24.7 Å². The molecule has 1 N–H and O–H groups in total. The number of methoxy groups -OCH3 is 1. The summed E-state index contributed by atoms with van der Waals surface area (Å²) in [5.41, 5.74) is 0.642. The van der Waals surface area contributed by atoms with E-state index in [4.69, 9.17) is 4.74 Å². The van der Waals surface area contributed by atoms with Crippen LogP contribution in [0.5, 0.6) is 5.75 Å². The number of ether oxygens (including phenoxy) is 1. The third-order valence-corrected chi connectivity index (χ3v) is 4.86. The summed E-state index contributed by atoms with van der Waals surface area (Å²) in [4.78, 5) is 14.2. The quantitative estimate of drug-likeness (QED) is 0.908. The van der Waals surface area contributed by atoms with Crippen LogP contribution in [0, 0.1) is 11.6 Å². The second-order valence-corrected chi connectivity index (χ2v) is 6.44. The predicted molar refractivity (Wildman–Crippen MR) is 96.3 cm³/mol. The summed E-state index contributed by atoms with van der Waals surface area (Å²) in [7, 11) is 3.15. The topological polar surface area (TPSA) is 41.6 Å². The third-order valence-electron chi connectivity index (χ3n) is 4.86. The lowest BCUT2D eigenvalue weighted by atomic mass is 10.0. The molecule has 1 amide bonds. The summed E-state index contributed by atoms with van der Waals surface area (Å²) >= 11 is 0. The first kappa shape index (κ1) is 18.3. The van der Waals surface area contributed by atoms with Crippen LogP contribution in [0.3, 0.4) is 0 Å². The van der Waals surface area contributed by atoms with Crippen molar-refractivity contribution >= 4 is 5.91 Å². The smallest absolute Gasteiger partial charge is 0.256 e. The van der Waals surface area contributed by atoms with E-state index in [-0.39, 0.29) is 23.1 Å². The van der Waals surface area contributed by atoms with Crippen LogP contribution in [0.1, 0.15) is 23.2 Å². The van der Waals surface area contributed by atoms with Gasteiger partial charge in [-0.2, -0.15) is 0 Å². The molecule has 4 nitrogen and oxygen atoms in total. The maximum Gasteiger partial charge on any atom is 0.256 e. The summed E-state index contributed by atoms with van der Waals surface area (Å²) in [5.74, 6) is -1.11. The van der Waals surface area contributed by atoms with E-state index in [1.807, 2.05) is 0 Å². The van der Waals surface area contributed by atoms with Crippen LogP contribution in [0.15, 0.2) is 36.4 Å². The first-order valence-electron chi connectivity index (χ1n) is 8.62. The van der Waals surface area contributed by atoms with E-state index < -0.39 is 11.6 Å². The number of nitrogens with zero attached hydrogens (tertiary/aromatic N) is 1. The second-order valence-electron chi connectivity index (χ2n) is 6.44. The van der Waals surface area contributed by atoms with Crippen LogP contribution in [0.2, 0.25) is 0 Å². The van der Waals surface area contributed by atoms with Gasteiger partial charge in [-0.25, -0.2) is 8.78 Å². The van der Waals surface area contributed by atoms with Gasteiger partial charge in [-0.15, -0.1) is 0 Å². The molecule has 6 heteroatoms. The molecule has 0 atom stereocenters. The number of benzene rings is 2. The second kappa shape index (κ2) is 7.83. The van der Waals surface area contributed by atoms with Crippen LogP contribution < -0.4 is 10.1 Å². The molecule has 1 heterocycles. The molecule has 2 aromatic rings. The van der Waals surface area contributed by atoms with Gasteiger partial charge in [0.2, 0.25) is 0 Å². The molecule has 0 saturated carbocycles. The van der Waals surface area contributed by atoms with Gasteiger partial charge in [-0.05, 0) is 55.8 Å². The molecule has 26 heavy (non-hydrogen) atoms. The van der Waals surface area contributed by atoms with Gasteiger partial charge in [0.25, 0.3) is 5.91 Å². The Bertz CT molecular complexity index is 804. The van der Waals surface area contributed by atoms with Crippen molar-refractivity contribution in [2.75, 3.05) is 27.2 Å². The molecule has 0 unspecified atom stereocenters. The molecule has 0 spiro atoms. The summed E-state index contributed by atoms with van der Waals surface area (Å²) in [6.45, 7) is 1.70. The van der Waals surface area contributed by atoms with E-state index in [2.05, 4.69) is 5.32 Å². The summed E-state index contributed by atoms with van der Waals surface area (Å²) in [6, 6.07) is 8.69. The SMILES string of the molecule is COc1ccc(-c2ccc(C(=O)N(C)C3CCNCC3)c(F)c2)c(F)c1. The van der Waals surface area contributed by atoms with Gasteiger partial charge in [0.15, 0.2) is 0 Å². The van der Waals surface area contributed by atoms with Crippen molar-refractivity contribution < 1.29 is 18.3 Å². The van der Waals surface area contributed by atoms with Gasteiger partial charge in [0.05, 0.1) is 12.7 Å². The highest BCUT2D eigenvalue weighted by atomic mass is 19.1. The van der Waals surface area contributed by atoms with Crippen LogP contribution in [0.25, 0.3) is 11.1 Å². The van der Waals surface area contributed by atoms with Crippen LogP contribution in [-0.2, 0) is 0 Å². The highest BCUT2D eigenvalue weighted by Crippen LogP contribution is 2.28. The van der Waals surface area contributed by atoms with E-state index >= 15 is 0 Å². The molecule has 1 saturated heterocycles. The molecule has 0 aromatic heterocycles. The lowest BCUT2D eigenvalue weighted by molar-refractivity contribution is 0.0698. The van der Waals surface area contributed by atoms with Crippen molar-refractivity contribution in [1.82, 2.24) is 10.2 Å². The molecule has 0 bridgehead atoms. The predicted octanol–water partition coefficient (Wildman–Crippen LogP) is 3.46. The Kier molecular flexibility index (Phi) is 5.52. The zero-order valence-corrected chi connectivity index (χ0v) is 14.9. The Morgan fingerprint density at radius 1 is 1.12 bits per heavy atom. The number of hydrogen-bond acceptors (Lipinski definition) is 3. The van der Waals surface area contributed by atoms with Crippen LogP contribution >= 0.6 is 0 Å². The monoisotopic (exact) mass is 360 g/mol. The first-order valence-corrected chi connectivity index (χ1v) is 8.62. The molecular weight excluding hydrogens is 338 g/mol. The fraction of sp³-hybridized carbons (Fsp3) is 0.350. The summed E-state index contributed by atoms with van der Waals surface area (Å²) in [5, 5.41) is 3.24. The number of hydrogen-bond donors (Lipinski definition) is 1. The fourth-order valence-electron chi connectivity index (χ4n) is 3.26. The number of amides is 1. The molecule has 0 aliphatic carbocycles. The van der Waals surface area contributed by atoms with E-state index in [0.717, 1.165) is 25.9 Å². The van der Waals surface area contributed by atoms with Gasteiger partial charge in [0.1, 0.15) is 17.4 Å². The maximum atomic E-state index is 14.6. The minimum Gasteiger partial charge on any atom is -0.497 e. The Labute approximate surface area is 151 Å². The lowest BCUT2D eigenvalue weighted by Gasteiger charge is -2.31.